The van der Waals surface area contributed by atoms with E-state index in [2.05, 4.69) is 34.9 Å². The first-order valence-electron chi connectivity index (χ1n) is 6.24. The van der Waals surface area contributed by atoms with Crippen LogP contribution in [0.2, 0.25) is 0 Å². The number of nitrogens with two attached hydrogens (primary N) is 1. The Bertz CT molecular complexity index is 450. The van der Waals surface area contributed by atoms with Crippen molar-refractivity contribution in [3.05, 3.63) is 0 Å². The molecule has 0 atom stereocenters. The maximum absolute atomic E-state index is 8.73. The van der Waals surface area contributed by atoms with Crippen molar-refractivity contribution in [2.75, 3.05) is 42.7 Å². The maximum Gasteiger partial charge on any atom is 0.231 e. The standard InChI is InChI=1S/C12H21N7/c1-9(2)8-19(7-5-6-13)12-16-10(14)15-11(17-12)18(3)4/h9H,5,7-8H2,1-4H3,(H2,14,15,16,17). The highest BCUT2D eigenvalue weighted by Gasteiger charge is 2.14. The highest BCUT2D eigenvalue weighted by Crippen LogP contribution is 2.15. The van der Waals surface area contributed by atoms with Gasteiger partial charge in [-0.1, -0.05) is 13.8 Å². The van der Waals surface area contributed by atoms with Gasteiger partial charge in [0.1, 0.15) is 0 Å². The van der Waals surface area contributed by atoms with Crippen molar-refractivity contribution in [1.82, 2.24) is 15.0 Å². The first kappa shape index (κ1) is 15.0. The van der Waals surface area contributed by atoms with Crippen LogP contribution in [0.1, 0.15) is 20.3 Å². The molecule has 0 amide bonds. The van der Waals surface area contributed by atoms with Gasteiger partial charge in [0.15, 0.2) is 0 Å². The lowest BCUT2D eigenvalue weighted by Gasteiger charge is -2.24. The second-order valence-electron chi connectivity index (χ2n) is 4.94. The van der Waals surface area contributed by atoms with Gasteiger partial charge in [-0.15, -0.1) is 0 Å². The zero-order valence-electron chi connectivity index (χ0n) is 12.0. The van der Waals surface area contributed by atoms with E-state index in [1.807, 2.05) is 19.0 Å². The van der Waals surface area contributed by atoms with E-state index < -0.39 is 0 Å². The SMILES string of the molecule is CC(C)CN(CCC#N)c1nc(N)nc(N(C)C)n1. The summed E-state index contributed by atoms with van der Waals surface area (Å²) in [6, 6.07) is 2.14. The third-order valence-electron chi connectivity index (χ3n) is 2.39. The van der Waals surface area contributed by atoms with Crippen LogP contribution in [0.5, 0.6) is 0 Å². The number of aromatic nitrogens is 3. The van der Waals surface area contributed by atoms with Gasteiger partial charge in [0.25, 0.3) is 0 Å². The summed E-state index contributed by atoms with van der Waals surface area (Å²) in [4.78, 5) is 16.4. The van der Waals surface area contributed by atoms with Crippen LogP contribution in [0.25, 0.3) is 0 Å². The number of nitriles is 1. The van der Waals surface area contributed by atoms with Crippen molar-refractivity contribution in [2.24, 2.45) is 5.92 Å². The van der Waals surface area contributed by atoms with Gasteiger partial charge >= 0.3 is 0 Å². The van der Waals surface area contributed by atoms with Crippen molar-refractivity contribution in [2.45, 2.75) is 20.3 Å². The molecule has 0 spiro atoms. The molecule has 0 aromatic carbocycles. The predicted molar refractivity (Wildman–Crippen MR) is 75.8 cm³/mol. The van der Waals surface area contributed by atoms with Gasteiger partial charge in [0, 0.05) is 27.2 Å². The highest BCUT2D eigenvalue weighted by atomic mass is 15.3. The Labute approximate surface area is 114 Å². The van der Waals surface area contributed by atoms with E-state index in [4.69, 9.17) is 11.0 Å². The molecule has 0 saturated carbocycles. The fourth-order valence-electron chi connectivity index (χ4n) is 1.61. The molecule has 7 heteroatoms. The van der Waals surface area contributed by atoms with Crippen LogP contribution in [-0.4, -0.2) is 42.1 Å². The molecule has 1 aromatic heterocycles. The lowest BCUT2D eigenvalue weighted by atomic mass is 10.2. The highest BCUT2D eigenvalue weighted by molar-refractivity contribution is 5.42. The van der Waals surface area contributed by atoms with Crippen LogP contribution < -0.4 is 15.5 Å². The fraction of sp³-hybridized carbons (Fsp3) is 0.667. The summed E-state index contributed by atoms with van der Waals surface area (Å²) < 4.78 is 0. The van der Waals surface area contributed by atoms with Crippen LogP contribution in [0, 0.1) is 17.2 Å². The van der Waals surface area contributed by atoms with Gasteiger partial charge in [-0.2, -0.15) is 20.2 Å². The van der Waals surface area contributed by atoms with E-state index in [0.717, 1.165) is 6.54 Å². The molecule has 0 radical (unpaired) electrons. The summed E-state index contributed by atoms with van der Waals surface area (Å²) in [6.45, 7) is 5.58. The van der Waals surface area contributed by atoms with Crippen LogP contribution in [-0.2, 0) is 0 Å². The number of hydrogen-bond donors (Lipinski definition) is 1. The molecule has 0 bridgehead atoms. The second-order valence-corrected chi connectivity index (χ2v) is 4.94. The first-order chi connectivity index (χ1) is 8.93. The molecule has 7 nitrogen and oxygen atoms in total. The van der Waals surface area contributed by atoms with E-state index in [1.54, 1.807) is 4.90 Å². The fourth-order valence-corrected chi connectivity index (χ4v) is 1.61. The Morgan fingerprint density at radius 1 is 1.21 bits per heavy atom. The minimum atomic E-state index is 0.194. The van der Waals surface area contributed by atoms with Crippen molar-refractivity contribution in [1.29, 1.82) is 5.26 Å². The predicted octanol–water partition coefficient (Wildman–Crippen LogP) is 0.896. The molecule has 0 fully saturated rings. The minimum absolute atomic E-state index is 0.194. The van der Waals surface area contributed by atoms with Crippen LogP contribution in [0.3, 0.4) is 0 Å². The van der Waals surface area contributed by atoms with Gasteiger partial charge < -0.3 is 15.5 Å². The largest absolute Gasteiger partial charge is 0.368 e. The Kier molecular flexibility index (Phi) is 5.30. The molecule has 0 aliphatic rings. The zero-order chi connectivity index (χ0) is 14.4. The lowest BCUT2D eigenvalue weighted by molar-refractivity contribution is 0.601. The van der Waals surface area contributed by atoms with Crippen LogP contribution in [0.4, 0.5) is 17.8 Å². The van der Waals surface area contributed by atoms with E-state index >= 15 is 0 Å². The lowest BCUT2D eigenvalue weighted by Crippen LogP contribution is -2.31. The van der Waals surface area contributed by atoms with Crippen LogP contribution >= 0.6 is 0 Å². The monoisotopic (exact) mass is 263 g/mol. The molecule has 1 heterocycles. The van der Waals surface area contributed by atoms with Gasteiger partial charge in [-0.25, -0.2) is 0 Å². The molecule has 0 aliphatic heterocycles. The Balaban J connectivity index is 3.03. The molecule has 1 rings (SSSR count). The number of anilines is 3. The van der Waals surface area contributed by atoms with Gasteiger partial charge in [0.05, 0.1) is 12.5 Å². The summed E-state index contributed by atoms with van der Waals surface area (Å²) in [5.41, 5.74) is 5.71. The molecule has 0 aliphatic carbocycles. The number of nitrogen functional groups attached to an aromatic ring is 1. The molecule has 1 aromatic rings. The average molecular weight is 263 g/mol. The summed E-state index contributed by atoms with van der Waals surface area (Å²) in [7, 11) is 3.70. The third-order valence-corrected chi connectivity index (χ3v) is 2.39. The van der Waals surface area contributed by atoms with Crippen LogP contribution in [0.15, 0.2) is 0 Å². The quantitative estimate of drug-likeness (QED) is 0.814. The normalized spacial score (nSPS) is 10.3. The van der Waals surface area contributed by atoms with Crippen molar-refractivity contribution in [3.8, 4) is 6.07 Å². The number of nitrogens with zero attached hydrogens (tertiary/aromatic N) is 6. The summed E-state index contributed by atoms with van der Waals surface area (Å²) in [5, 5.41) is 8.73. The molecule has 104 valence electrons. The minimum Gasteiger partial charge on any atom is -0.368 e. The zero-order valence-corrected chi connectivity index (χ0v) is 12.0. The van der Waals surface area contributed by atoms with E-state index in [9.17, 15) is 0 Å². The summed E-state index contributed by atoms with van der Waals surface area (Å²) >= 11 is 0. The smallest absolute Gasteiger partial charge is 0.231 e. The van der Waals surface area contributed by atoms with E-state index in [-0.39, 0.29) is 5.95 Å². The number of rotatable bonds is 6. The molecule has 0 unspecified atom stereocenters. The first-order valence-corrected chi connectivity index (χ1v) is 6.24. The Morgan fingerprint density at radius 3 is 2.37 bits per heavy atom. The van der Waals surface area contributed by atoms with E-state index in [0.29, 0.717) is 30.8 Å². The van der Waals surface area contributed by atoms with Crippen molar-refractivity contribution in [3.63, 3.8) is 0 Å². The van der Waals surface area contributed by atoms with E-state index in [1.165, 1.54) is 0 Å². The van der Waals surface area contributed by atoms with Gasteiger partial charge in [-0.3, -0.25) is 0 Å². The third kappa shape index (κ3) is 4.58. The number of hydrogen-bond acceptors (Lipinski definition) is 7. The Morgan fingerprint density at radius 2 is 1.84 bits per heavy atom. The average Bonchev–Trinajstić information content (AvgIpc) is 2.33. The summed E-state index contributed by atoms with van der Waals surface area (Å²) in [6.07, 6.45) is 0.426. The molecule has 19 heavy (non-hydrogen) atoms. The molecule has 2 N–H and O–H groups in total. The molecule has 0 saturated heterocycles. The van der Waals surface area contributed by atoms with Crippen molar-refractivity contribution >= 4 is 17.8 Å². The second kappa shape index (κ2) is 6.73. The maximum atomic E-state index is 8.73. The van der Waals surface area contributed by atoms with Gasteiger partial charge in [-0.05, 0) is 5.92 Å². The Hall–Kier alpha value is -2.10. The summed E-state index contributed by atoms with van der Waals surface area (Å²) in [5.74, 6) is 1.69. The molecular formula is C12H21N7. The van der Waals surface area contributed by atoms with Crippen molar-refractivity contribution < 1.29 is 0 Å². The topological polar surface area (TPSA) is 95.0 Å². The van der Waals surface area contributed by atoms with Gasteiger partial charge in [0.2, 0.25) is 17.8 Å². The molecular weight excluding hydrogens is 242 g/mol.